The molecular formula is C26H27N7O3. The Morgan fingerprint density at radius 1 is 1.00 bits per heavy atom. The van der Waals surface area contributed by atoms with Crippen LogP contribution in [0.4, 0.5) is 0 Å². The first-order chi connectivity index (χ1) is 17.1. The number of amidine groups is 2. The number of imidazole rings is 1. The predicted molar refractivity (Wildman–Crippen MR) is 138 cm³/mol. The van der Waals surface area contributed by atoms with Gasteiger partial charge in [0.15, 0.2) is 0 Å². The van der Waals surface area contributed by atoms with Crippen LogP contribution in [0.2, 0.25) is 0 Å². The SMILES string of the molecule is CC(C)c1nc2c(C(=O)O)cn(Cc3cccc(C(=N)N)c3)c(=O)c2n1Cc1cccc(C(=N)N)c1. The molecule has 0 saturated heterocycles. The normalized spacial score (nSPS) is 11.2. The minimum Gasteiger partial charge on any atom is -0.478 e. The molecule has 0 spiro atoms. The number of pyridine rings is 1. The lowest BCUT2D eigenvalue weighted by Gasteiger charge is -2.14. The monoisotopic (exact) mass is 485 g/mol. The second-order valence-electron chi connectivity index (χ2n) is 8.92. The third kappa shape index (κ3) is 4.61. The predicted octanol–water partition coefficient (Wildman–Crippen LogP) is 2.68. The average molecular weight is 486 g/mol. The first-order valence-electron chi connectivity index (χ1n) is 11.3. The Bertz CT molecular complexity index is 1580. The van der Waals surface area contributed by atoms with Crippen molar-refractivity contribution in [2.24, 2.45) is 11.5 Å². The third-order valence-electron chi connectivity index (χ3n) is 5.92. The highest BCUT2D eigenvalue weighted by molar-refractivity contribution is 6.00. The van der Waals surface area contributed by atoms with Crippen LogP contribution in [0, 0.1) is 10.8 Å². The number of hydrogen-bond acceptors (Lipinski definition) is 5. The number of nitrogens with zero attached hydrogens (tertiary/aromatic N) is 3. The highest BCUT2D eigenvalue weighted by Crippen LogP contribution is 2.24. The lowest BCUT2D eigenvalue weighted by Crippen LogP contribution is -2.25. The Hall–Kier alpha value is -4.73. The number of benzene rings is 2. The summed E-state index contributed by atoms with van der Waals surface area (Å²) >= 11 is 0. The van der Waals surface area contributed by atoms with Crippen LogP contribution in [0.25, 0.3) is 11.0 Å². The van der Waals surface area contributed by atoms with Crippen molar-refractivity contribution in [1.29, 1.82) is 10.8 Å². The smallest absolute Gasteiger partial charge is 0.339 e. The fraction of sp³-hybridized carbons (Fsp3) is 0.192. The van der Waals surface area contributed by atoms with E-state index < -0.39 is 5.97 Å². The standard InChI is InChI=1S/C26H27N7O3/c1-14(2)24-31-20-19(26(35)36)13-32(11-15-5-3-7-17(9-15)22(27)28)25(34)21(20)33(24)12-16-6-4-8-18(10-16)23(29)30/h3-10,13-14H,11-12H2,1-2H3,(H3,27,28)(H3,29,30)(H,35,36). The third-order valence-corrected chi connectivity index (χ3v) is 5.92. The number of fused-ring (bicyclic) bond motifs is 1. The van der Waals surface area contributed by atoms with Gasteiger partial charge < -0.3 is 25.7 Å². The Morgan fingerprint density at radius 2 is 1.56 bits per heavy atom. The van der Waals surface area contributed by atoms with Crippen molar-refractivity contribution in [1.82, 2.24) is 14.1 Å². The summed E-state index contributed by atoms with van der Waals surface area (Å²) in [4.78, 5) is 30.5. The van der Waals surface area contributed by atoms with Crippen molar-refractivity contribution < 1.29 is 9.90 Å². The van der Waals surface area contributed by atoms with E-state index >= 15 is 0 Å². The van der Waals surface area contributed by atoms with Gasteiger partial charge in [-0.1, -0.05) is 50.2 Å². The summed E-state index contributed by atoms with van der Waals surface area (Å²) < 4.78 is 3.09. The molecule has 0 aliphatic rings. The number of aromatic carboxylic acids is 1. The molecule has 36 heavy (non-hydrogen) atoms. The topological polar surface area (TPSA) is 177 Å². The largest absolute Gasteiger partial charge is 0.478 e. The van der Waals surface area contributed by atoms with Crippen LogP contribution in [0.3, 0.4) is 0 Å². The first kappa shape index (κ1) is 24.4. The van der Waals surface area contributed by atoms with E-state index in [1.165, 1.54) is 10.8 Å². The van der Waals surface area contributed by atoms with Crippen molar-refractivity contribution in [3.05, 3.63) is 98.7 Å². The summed E-state index contributed by atoms with van der Waals surface area (Å²) in [5, 5.41) is 25.4. The summed E-state index contributed by atoms with van der Waals surface area (Å²) in [6, 6.07) is 14.0. The molecule has 0 unspecified atom stereocenters. The Morgan fingerprint density at radius 3 is 2.06 bits per heavy atom. The van der Waals surface area contributed by atoms with E-state index in [9.17, 15) is 14.7 Å². The number of carbonyl (C=O) groups is 1. The minimum absolute atomic E-state index is 0.0697. The van der Waals surface area contributed by atoms with Crippen LogP contribution in [-0.2, 0) is 13.1 Å². The molecule has 2 aromatic carbocycles. The lowest BCUT2D eigenvalue weighted by molar-refractivity contribution is 0.0698. The lowest BCUT2D eigenvalue weighted by atomic mass is 10.1. The molecule has 10 nitrogen and oxygen atoms in total. The van der Waals surface area contributed by atoms with Crippen molar-refractivity contribution in [2.75, 3.05) is 0 Å². The molecule has 4 aromatic rings. The Kier molecular flexibility index (Phi) is 6.43. The second-order valence-corrected chi connectivity index (χ2v) is 8.92. The van der Waals surface area contributed by atoms with E-state index in [2.05, 4.69) is 4.98 Å². The maximum absolute atomic E-state index is 13.7. The zero-order valence-corrected chi connectivity index (χ0v) is 19.9. The van der Waals surface area contributed by atoms with Gasteiger partial charge in [0.25, 0.3) is 5.56 Å². The maximum Gasteiger partial charge on any atom is 0.339 e. The molecule has 2 aromatic heterocycles. The van der Waals surface area contributed by atoms with Crippen LogP contribution in [-0.4, -0.2) is 36.9 Å². The van der Waals surface area contributed by atoms with Gasteiger partial charge in [-0.25, -0.2) is 9.78 Å². The van der Waals surface area contributed by atoms with Gasteiger partial charge >= 0.3 is 5.97 Å². The molecule has 184 valence electrons. The number of carboxylic acids is 1. The van der Waals surface area contributed by atoms with Crippen molar-refractivity contribution >= 4 is 28.7 Å². The summed E-state index contributed by atoms with van der Waals surface area (Å²) in [5.74, 6) is -0.868. The van der Waals surface area contributed by atoms with Gasteiger partial charge in [0.05, 0.1) is 6.54 Å². The van der Waals surface area contributed by atoms with Gasteiger partial charge in [-0.3, -0.25) is 15.6 Å². The van der Waals surface area contributed by atoms with E-state index in [-0.39, 0.29) is 52.8 Å². The van der Waals surface area contributed by atoms with E-state index in [0.29, 0.717) is 22.5 Å². The number of nitrogens with two attached hydrogens (primary N) is 2. The number of hydrogen-bond donors (Lipinski definition) is 5. The summed E-state index contributed by atoms with van der Waals surface area (Å²) in [5.41, 5.74) is 13.7. The molecular weight excluding hydrogens is 458 g/mol. The Balaban J connectivity index is 1.93. The Labute approximate surface area is 206 Å². The molecule has 4 rings (SSSR count). The van der Waals surface area contributed by atoms with Crippen LogP contribution >= 0.6 is 0 Å². The zero-order valence-electron chi connectivity index (χ0n) is 19.9. The van der Waals surface area contributed by atoms with Gasteiger partial charge in [0, 0.05) is 29.8 Å². The number of rotatable bonds is 8. The summed E-state index contributed by atoms with van der Waals surface area (Å²) in [6.07, 6.45) is 1.31. The fourth-order valence-electron chi connectivity index (χ4n) is 4.21. The van der Waals surface area contributed by atoms with E-state index in [4.69, 9.17) is 22.3 Å². The highest BCUT2D eigenvalue weighted by atomic mass is 16.4. The van der Waals surface area contributed by atoms with Gasteiger partial charge in [0.1, 0.15) is 34.1 Å². The van der Waals surface area contributed by atoms with E-state index in [1.54, 1.807) is 47.0 Å². The van der Waals surface area contributed by atoms with Crippen LogP contribution in [0.1, 0.15) is 58.2 Å². The number of nitrogens with one attached hydrogen (secondary N) is 2. The van der Waals surface area contributed by atoms with E-state index in [1.807, 2.05) is 19.9 Å². The number of aromatic nitrogens is 3. The molecule has 10 heteroatoms. The van der Waals surface area contributed by atoms with Crippen molar-refractivity contribution in [3.63, 3.8) is 0 Å². The molecule has 0 aliphatic carbocycles. The minimum atomic E-state index is -1.19. The zero-order chi connectivity index (χ0) is 26.1. The van der Waals surface area contributed by atoms with Gasteiger partial charge in [-0.15, -0.1) is 0 Å². The number of carboxylic acid groups (broad SMARTS) is 1. The molecule has 0 bridgehead atoms. The first-order valence-corrected chi connectivity index (χ1v) is 11.3. The van der Waals surface area contributed by atoms with Crippen molar-refractivity contribution in [2.45, 2.75) is 32.9 Å². The number of nitrogen functional groups attached to an aromatic ring is 2. The van der Waals surface area contributed by atoms with Crippen LogP contribution in [0.5, 0.6) is 0 Å². The van der Waals surface area contributed by atoms with Crippen LogP contribution < -0.4 is 17.0 Å². The average Bonchev–Trinajstić information content (AvgIpc) is 3.20. The van der Waals surface area contributed by atoms with Gasteiger partial charge in [-0.05, 0) is 23.3 Å². The molecule has 7 N–H and O–H groups in total. The summed E-state index contributed by atoms with van der Waals surface area (Å²) in [7, 11) is 0. The van der Waals surface area contributed by atoms with Gasteiger partial charge in [0.2, 0.25) is 0 Å². The molecule has 0 radical (unpaired) electrons. The highest BCUT2D eigenvalue weighted by Gasteiger charge is 2.24. The molecule has 0 saturated carbocycles. The second kappa shape index (κ2) is 9.49. The molecule has 0 amide bonds. The molecule has 0 atom stereocenters. The quantitative estimate of drug-likeness (QED) is 0.189. The molecule has 2 heterocycles. The summed E-state index contributed by atoms with van der Waals surface area (Å²) in [6.45, 7) is 4.20. The van der Waals surface area contributed by atoms with Crippen molar-refractivity contribution in [3.8, 4) is 0 Å². The van der Waals surface area contributed by atoms with Gasteiger partial charge in [-0.2, -0.15) is 0 Å². The van der Waals surface area contributed by atoms with Crippen LogP contribution in [0.15, 0.2) is 59.5 Å². The van der Waals surface area contributed by atoms with E-state index in [0.717, 1.165) is 5.56 Å². The fourth-order valence-corrected chi connectivity index (χ4v) is 4.21. The molecule has 0 aliphatic heterocycles. The maximum atomic E-state index is 13.7. The molecule has 0 fully saturated rings.